The van der Waals surface area contributed by atoms with Crippen molar-refractivity contribution in [2.24, 2.45) is 0 Å². The topological polar surface area (TPSA) is 111 Å². The Morgan fingerprint density at radius 1 is 0.714 bits per heavy atom. The predicted molar refractivity (Wildman–Crippen MR) is 125 cm³/mol. The Morgan fingerprint density at radius 3 is 1.71 bits per heavy atom. The molecule has 0 aliphatic carbocycles. The zero-order valence-electron chi connectivity index (χ0n) is 19.6. The fourth-order valence-electron chi connectivity index (χ4n) is 3.10. The van der Waals surface area contributed by atoms with Gasteiger partial charge in [-0.15, -0.1) is 0 Å². The molecule has 0 saturated heterocycles. The standard InChI is InChI=1S/C25H32O10/c26-25(27)19-31-18-20-17-30-13-16-33-22-6-2-1-5-21(22)32-14-11-28-9-10-29-12-15-34-23-7-3-4-8-24(23)35-20/h1-8,20H,9-19H2,(H,26,27). The molecule has 192 valence electrons. The van der Waals surface area contributed by atoms with Gasteiger partial charge in [0.2, 0.25) is 0 Å². The lowest BCUT2D eigenvalue weighted by atomic mass is 10.3. The minimum Gasteiger partial charge on any atom is -0.487 e. The Bertz CT molecular complexity index is 875. The number of carboxylic acid groups (broad SMARTS) is 1. The summed E-state index contributed by atoms with van der Waals surface area (Å²) in [5.74, 6) is 1.21. The van der Waals surface area contributed by atoms with E-state index in [0.717, 1.165) is 0 Å². The van der Waals surface area contributed by atoms with Crippen molar-refractivity contribution in [3.05, 3.63) is 48.5 Å². The first-order valence-electron chi connectivity index (χ1n) is 11.5. The van der Waals surface area contributed by atoms with Crippen LogP contribution in [0.4, 0.5) is 0 Å². The fraction of sp³-hybridized carbons (Fsp3) is 0.480. The average Bonchev–Trinajstić information content (AvgIpc) is 2.85. The van der Waals surface area contributed by atoms with E-state index in [1.54, 1.807) is 12.1 Å². The highest BCUT2D eigenvalue weighted by Gasteiger charge is 2.16. The SMILES string of the molecule is O=C(O)COCC1COCCOc2ccccc2OCCOCCOCCOc2ccccc2O1. The van der Waals surface area contributed by atoms with Crippen molar-refractivity contribution in [1.29, 1.82) is 0 Å². The van der Waals surface area contributed by atoms with Crippen LogP contribution in [-0.2, 0) is 23.7 Å². The molecule has 10 heteroatoms. The summed E-state index contributed by atoms with van der Waals surface area (Å²) in [4.78, 5) is 10.8. The van der Waals surface area contributed by atoms with Crippen molar-refractivity contribution in [3.63, 3.8) is 0 Å². The summed E-state index contributed by atoms with van der Waals surface area (Å²) in [5.41, 5.74) is 0. The molecule has 0 spiro atoms. The predicted octanol–water partition coefficient (Wildman–Crippen LogP) is 2.44. The van der Waals surface area contributed by atoms with Crippen molar-refractivity contribution in [3.8, 4) is 23.0 Å². The van der Waals surface area contributed by atoms with Crippen molar-refractivity contribution < 1.29 is 47.8 Å². The first kappa shape index (κ1) is 26.6. The van der Waals surface area contributed by atoms with Gasteiger partial charge in [-0.2, -0.15) is 0 Å². The zero-order valence-corrected chi connectivity index (χ0v) is 19.6. The summed E-state index contributed by atoms with van der Waals surface area (Å²) in [6.45, 7) is 2.72. The molecule has 1 atom stereocenters. The molecule has 10 nitrogen and oxygen atoms in total. The van der Waals surface area contributed by atoms with E-state index in [1.807, 2.05) is 36.4 Å². The number of carbonyl (C=O) groups is 1. The summed E-state index contributed by atoms with van der Waals surface area (Å²) in [5, 5.41) is 8.87. The molecule has 0 aromatic heterocycles. The van der Waals surface area contributed by atoms with Crippen LogP contribution in [-0.4, -0.2) is 89.9 Å². The lowest BCUT2D eigenvalue weighted by Gasteiger charge is -2.21. The maximum atomic E-state index is 10.8. The highest BCUT2D eigenvalue weighted by atomic mass is 16.6. The van der Waals surface area contributed by atoms with Gasteiger partial charge in [0.25, 0.3) is 0 Å². The molecule has 0 saturated carbocycles. The monoisotopic (exact) mass is 492 g/mol. The van der Waals surface area contributed by atoms with E-state index in [1.165, 1.54) is 0 Å². The molecular formula is C25H32O10. The number of ether oxygens (including phenoxy) is 8. The highest BCUT2D eigenvalue weighted by molar-refractivity contribution is 5.67. The molecule has 0 fully saturated rings. The molecule has 1 heterocycles. The van der Waals surface area contributed by atoms with Crippen molar-refractivity contribution >= 4 is 5.97 Å². The molecule has 1 unspecified atom stereocenters. The molecule has 3 rings (SSSR count). The van der Waals surface area contributed by atoms with Crippen LogP contribution < -0.4 is 18.9 Å². The van der Waals surface area contributed by atoms with Crippen LogP contribution in [0, 0.1) is 0 Å². The first-order chi connectivity index (χ1) is 17.2. The van der Waals surface area contributed by atoms with E-state index in [4.69, 9.17) is 43.0 Å². The third-order valence-corrected chi connectivity index (χ3v) is 4.65. The number of hydrogen-bond donors (Lipinski definition) is 1. The van der Waals surface area contributed by atoms with E-state index in [0.29, 0.717) is 62.6 Å². The largest absolute Gasteiger partial charge is 0.487 e. The van der Waals surface area contributed by atoms with E-state index in [2.05, 4.69) is 0 Å². The number of rotatable bonds is 4. The maximum Gasteiger partial charge on any atom is 0.329 e. The van der Waals surface area contributed by atoms with Gasteiger partial charge in [-0.3, -0.25) is 0 Å². The minimum absolute atomic E-state index is 0.0290. The summed E-state index contributed by atoms with van der Waals surface area (Å²) in [6.07, 6.45) is -0.558. The summed E-state index contributed by atoms with van der Waals surface area (Å²) in [6, 6.07) is 14.6. The average molecular weight is 493 g/mol. The Balaban J connectivity index is 1.62. The second kappa shape index (κ2) is 15.8. The second-order valence-electron chi connectivity index (χ2n) is 7.39. The van der Waals surface area contributed by atoms with Crippen LogP contribution in [0.15, 0.2) is 48.5 Å². The Kier molecular flexibility index (Phi) is 12.0. The fourth-order valence-corrected chi connectivity index (χ4v) is 3.10. The van der Waals surface area contributed by atoms with Crippen LogP contribution >= 0.6 is 0 Å². The van der Waals surface area contributed by atoms with E-state index in [9.17, 15) is 4.79 Å². The zero-order chi connectivity index (χ0) is 24.6. The van der Waals surface area contributed by atoms with Gasteiger partial charge in [-0.25, -0.2) is 4.79 Å². The number of fused-ring (bicyclic) bond motifs is 2. The van der Waals surface area contributed by atoms with Gasteiger partial charge in [-0.1, -0.05) is 24.3 Å². The third kappa shape index (κ3) is 10.4. The molecular weight excluding hydrogens is 460 g/mol. The number of para-hydroxylation sites is 4. The Labute approximate surface area is 204 Å². The summed E-state index contributed by atoms with van der Waals surface area (Å²) in [7, 11) is 0. The normalized spacial score (nSPS) is 18.7. The van der Waals surface area contributed by atoms with Crippen molar-refractivity contribution in [2.75, 3.05) is 72.7 Å². The van der Waals surface area contributed by atoms with Gasteiger partial charge in [-0.05, 0) is 24.3 Å². The number of aliphatic carboxylic acids is 1. The highest BCUT2D eigenvalue weighted by Crippen LogP contribution is 2.28. The summed E-state index contributed by atoms with van der Waals surface area (Å²) >= 11 is 0. The Morgan fingerprint density at radius 2 is 1.17 bits per heavy atom. The molecule has 1 aliphatic heterocycles. The van der Waals surface area contributed by atoms with E-state index in [-0.39, 0.29) is 26.4 Å². The summed E-state index contributed by atoms with van der Waals surface area (Å²) < 4.78 is 45.5. The van der Waals surface area contributed by atoms with Crippen LogP contribution in [0.5, 0.6) is 23.0 Å². The molecule has 0 radical (unpaired) electrons. The third-order valence-electron chi connectivity index (χ3n) is 4.65. The molecule has 0 amide bonds. The van der Waals surface area contributed by atoms with Crippen LogP contribution in [0.1, 0.15) is 0 Å². The van der Waals surface area contributed by atoms with Gasteiger partial charge in [0, 0.05) is 0 Å². The van der Waals surface area contributed by atoms with Gasteiger partial charge in [0.15, 0.2) is 23.0 Å². The molecule has 1 aliphatic rings. The van der Waals surface area contributed by atoms with Crippen LogP contribution in [0.25, 0.3) is 0 Å². The van der Waals surface area contributed by atoms with Crippen LogP contribution in [0.2, 0.25) is 0 Å². The molecule has 1 N–H and O–H groups in total. The smallest absolute Gasteiger partial charge is 0.329 e. The lowest BCUT2D eigenvalue weighted by Crippen LogP contribution is -2.30. The van der Waals surface area contributed by atoms with Crippen molar-refractivity contribution in [1.82, 2.24) is 0 Å². The van der Waals surface area contributed by atoms with Crippen LogP contribution in [0.3, 0.4) is 0 Å². The van der Waals surface area contributed by atoms with Gasteiger partial charge in [0.05, 0.1) is 46.2 Å². The quantitative estimate of drug-likeness (QED) is 0.683. The maximum absolute atomic E-state index is 10.8. The minimum atomic E-state index is -1.06. The lowest BCUT2D eigenvalue weighted by molar-refractivity contribution is -0.143. The van der Waals surface area contributed by atoms with Gasteiger partial charge < -0.3 is 43.0 Å². The van der Waals surface area contributed by atoms with Gasteiger partial charge >= 0.3 is 5.97 Å². The molecule has 2 aromatic rings. The van der Waals surface area contributed by atoms with E-state index >= 15 is 0 Å². The van der Waals surface area contributed by atoms with Crippen molar-refractivity contribution in [2.45, 2.75) is 6.10 Å². The number of carboxylic acids is 1. The van der Waals surface area contributed by atoms with Gasteiger partial charge in [0.1, 0.15) is 32.5 Å². The second-order valence-corrected chi connectivity index (χ2v) is 7.39. The Hall–Kier alpha value is -3.05. The number of hydrogen-bond acceptors (Lipinski definition) is 9. The molecule has 35 heavy (non-hydrogen) atoms. The van der Waals surface area contributed by atoms with E-state index < -0.39 is 18.7 Å². The number of benzene rings is 2. The molecule has 0 bridgehead atoms. The first-order valence-corrected chi connectivity index (χ1v) is 11.5. The molecule has 2 aromatic carbocycles.